The predicted octanol–water partition coefficient (Wildman–Crippen LogP) is 2.84. The number of nitrogens with two attached hydrogens (primary N) is 1. The maximum absolute atomic E-state index is 5.94. The molecule has 18 heavy (non-hydrogen) atoms. The summed E-state index contributed by atoms with van der Waals surface area (Å²) in [5.41, 5.74) is 8.03. The van der Waals surface area contributed by atoms with Crippen LogP contribution in [0.5, 0.6) is 0 Å². The van der Waals surface area contributed by atoms with Crippen molar-refractivity contribution in [3.8, 4) is 11.1 Å². The molecule has 1 aromatic carbocycles. The lowest BCUT2D eigenvalue weighted by molar-refractivity contribution is 0.198. The molecule has 3 N–H and O–H groups in total. The first kappa shape index (κ1) is 12.9. The Morgan fingerprint density at radius 2 is 2.11 bits per heavy atom. The van der Waals surface area contributed by atoms with Gasteiger partial charge >= 0.3 is 0 Å². The third-order valence-electron chi connectivity index (χ3n) is 2.59. The molecule has 1 heterocycles. The van der Waals surface area contributed by atoms with Crippen molar-refractivity contribution in [1.82, 2.24) is 4.37 Å². The molecular formula is C13H17N3OS. The summed E-state index contributed by atoms with van der Waals surface area (Å²) in [5, 5.41) is 4.39. The van der Waals surface area contributed by atoms with Crippen LogP contribution in [0.1, 0.15) is 6.42 Å². The number of methoxy groups -OCH3 is 1. The molecule has 0 aliphatic heterocycles. The van der Waals surface area contributed by atoms with Crippen LogP contribution >= 0.6 is 11.5 Å². The van der Waals surface area contributed by atoms with E-state index in [9.17, 15) is 0 Å². The highest BCUT2D eigenvalue weighted by atomic mass is 32.1. The van der Waals surface area contributed by atoms with Crippen LogP contribution in [0.15, 0.2) is 30.3 Å². The number of aromatic nitrogens is 1. The Bertz CT molecular complexity index is 484. The summed E-state index contributed by atoms with van der Waals surface area (Å²) >= 11 is 1.40. The zero-order valence-electron chi connectivity index (χ0n) is 10.3. The minimum Gasteiger partial charge on any atom is -0.385 e. The summed E-state index contributed by atoms with van der Waals surface area (Å²) in [6, 6.07) is 10.1. The van der Waals surface area contributed by atoms with Gasteiger partial charge < -0.3 is 15.8 Å². The van der Waals surface area contributed by atoms with Crippen molar-refractivity contribution in [3.05, 3.63) is 30.3 Å². The van der Waals surface area contributed by atoms with Crippen molar-refractivity contribution in [1.29, 1.82) is 0 Å². The van der Waals surface area contributed by atoms with Crippen LogP contribution < -0.4 is 11.1 Å². The summed E-state index contributed by atoms with van der Waals surface area (Å²) < 4.78 is 9.24. The van der Waals surface area contributed by atoms with Crippen LogP contribution in [0.2, 0.25) is 0 Å². The quantitative estimate of drug-likeness (QED) is 0.787. The molecular weight excluding hydrogens is 246 g/mol. The summed E-state index contributed by atoms with van der Waals surface area (Å²) in [7, 11) is 1.71. The Labute approximate surface area is 111 Å². The van der Waals surface area contributed by atoms with Gasteiger partial charge in [0.2, 0.25) is 0 Å². The van der Waals surface area contributed by atoms with E-state index in [1.165, 1.54) is 11.5 Å². The third-order valence-corrected chi connectivity index (χ3v) is 3.41. The van der Waals surface area contributed by atoms with Crippen molar-refractivity contribution in [3.63, 3.8) is 0 Å². The van der Waals surface area contributed by atoms with E-state index in [0.717, 1.165) is 35.7 Å². The number of hydrogen-bond acceptors (Lipinski definition) is 5. The molecule has 0 bridgehead atoms. The number of hydrogen-bond donors (Lipinski definition) is 2. The summed E-state index contributed by atoms with van der Waals surface area (Å²) in [4.78, 5) is 0. The molecule has 1 aromatic heterocycles. The Morgan fingerprint density at radius 3 is 2.83 bits per heavy atom. The molecule has 0 saturated heterocycles. The number of nitrogen functional groups attached to an aromatic ring is 1. The van der Waals surface area contributed by atoms with Crippen LogP contribution in [0.3, 0.4) is 0 Å². The SMILES string of the molecule is COCCCNc1snc(N)c1-c1ccccc1. The summed E-state index contributed by atoms with van der Waals surface area (Å²) in [5.74, 6) is 0.584. The molecule has 0 unspecified atom stereocenters. The van der Waals surface area contributed by atoms with Gasteiger partial charge in [-0.05, 0) is 23.5 Å². The molecule has 0 aliphatic rings. The van der Waals surface area contributed by atoms with Crippen LogP contribution in [0, 0.1) is 0 Å². The van der Waals surface area contributed by atoms with E-state index in [-0.39, 0.29) is 0 Å². The van der Waals surface area contributed by atoms with E-state index >= 15 is 0 Å². The highest BCUT2D eigenvalue weighted by molar-refractivity contribution is 7.11. The van der Waals surface area contributed by atoms with Crippen LogP contribution in [-0.4, -0.2) is 24.6 Å². The number of nitrogens with one attached hydrogen (secondary N) is 1. The van der Waals surface area contributed by atoms with Gasteiger partial charge in [0.15, 0.2) is 0 Å². The summed E-state index contributed by atoms with van der Waals surface area (Å²) in [6.45, 7) is 1.61. The molecule has 0 aliphatic carbocycles. The standard InChI is InChI=1S/C13H17N3OS/c1-17-9-5-8-15-13-11(12(14)16-18-13)10-6-3-2-4-7-10/h2-4,6-7,15H,5,8-9H2,1H3,(H2,14,16). The number of benzene rings is 1. The molecule has 0 spiro atoms. The lowest BCUT2D eigenvalue weighted by Crippen LogP contribution is -2.04. The van der Waals surface area contributed by atoms with E-state index < -0.39 is 0 Å². The fourth-order valence-electron chi connectivity index (χ4n) is 1.73. The fourth-order valence-corrected chi connectivity index (χ4v) is 2.49. The molecule has 2 aromatic rings. The molecule has 96 valence electrons. The zero-order chi connectivity index (χ0) is 12.8. The van der Waals surface area contributed by atoms with Crippen molar-refractivity contribution in [2.45, 2.75) is 6.42 Å². The van der Waals surface area contributed by atoms with Crippen LogP contribution in [-0.2, 0) is 4.74 Å². The van der Waals surface area contributed by atoms with Gasteiger partial charge in [-0.1, -0.05) is 30.3 Å². The highest BCUT2D eigenvalue weighted by Gasteiger charge is 2.12. The molecule has 0 saturated carbocycles. The Hall–Kier alpha value is -1.59. The second-order valence-corrected chi connectivity index (χ2v) is 4.68. The first-order chi connectivity index (χ1) is 8.83. The maximum Gasteiger partial charge on any atom is 0.147 e. The van der Waals surface area contributed by atoms with Gasteiger partial charge in [-0.25, -0.2) is 0 Å². The molecule has 4 nitrogen and oxygen atoms in total. The largest absolute Gasteiger partial charge is 0.385 e. The molecule has 5 heteroatoms. The van der Waals surface area contributed by atoms with E-state index in [1.54, 1.807) is 7.11 Å². The first-order valence-corrected chi connectivity index (χ1v) is 6.63. The molecule has 0 radical (unpaired) electrons. The van der Waals surface area contributed by atoms with Gasteiger partial charge in [0.05, 0.1) is 5.56 Å². The zero-order valence-corrected chi connectivity index (χ0v) is 11.2. The van der Waals surface area contributed by atoms with Gasteiger partial charge in [0, 0.05) is 20.3 Å². The van der Waals surface area contributed by atoms with E-state index in [0.29, 0.717) is 5.82 Å². The van der Waals surface area contributed by atoms with E-state index in [1.807, 2.05) is 30.3 Å². The van der Waals surface area contributed by atoms with Gasteiger partial charge in [-0.15, -0.1) is 0 Å². The lowest BCUT2D eigenvalue weighted by atomic mass is 10.1. The summed E-state index contributed by atoms with van der Waals surface area (Å²) in [6.07, 6.45) is 0.961. The average Bonchev–Trinajstić information content (AvgIpc) is 2.77. The van der Waals surface area contributed by atoms with Gasteiger partial charge in [0.25, 0.3) is 0 Å². The average molecular weight is 263 g/mol. The van der Waals surface area contributed by atoms with E-state index in [4.69, 9.17) is 10.5 Å². The second kappa shape index (κ2) is 6.37. The van der Waals surface area contributed by atoms with Gasteiger partial charge in [0.1, 0.15) is 10.8 Å². The number of ether oxygens (including phenoxy) is 1. The monoisotopic (exact) mass is 263 g/mol. The third kappa shape index (κ3) is 3.00. The van der Waals surface area contributed by atoms with Gasteiger partial charge in [-0.2, -0.15) is 4.37 Å². The first-order valence-electron chi connectivity index (χ1n) is 5.86. The van der Waals surface area contributed by atoms with Crippen molar-refractivity contribution in [2.75, 3.05) is 31.3 Å². The minimum absolute atomic E-state index is 0.584. The second-order valence-electron chi connectivity index (χ2n) is 3.91. The Balaban J connectivity index is 2.12. The molecule has 0 amide bonds. The molecule has 2 rings (SSSR count). The topological polar surface area (TPSA) is 60.2 Å². The van der Waals surface area contributed by atoms with Gasteiger partial charge in [-0.3, -0.25) is 0 Å². The predicted molar refractivity (Wildman–Crippen MR) is 76.9 cm³/mol. The number of rotatable bonds is 6. The minimum atomic E-state index is 0.584. The molecule has 0 fully saturated rings. The maximum atomic E-state index is 5.94. The highest BCUT2D eigenvalue weighted by Crippen LogP contribution is 2.36. The van der Waals surface area contributed by atoms with Crippen LogP contribution in [0.4, 0.5) is 10.8 Å². The normalized spacial score (nSPS) is 10.5. The van der Waals surface area contributed by atoms with Crippen molar-refractivity contribution < 1.29 is 4.74 Å². The molecule has 0 atom stereocenters. The lowest BCUT2D eigenvalue weighted by Gasteiger charge is -2.07. The Morgan fingerprint density at radius 1 is 1.33 bits per heavy atom. The number of anilines is 2. The smallest absolute Gasteiger partial charge is 0.147 e. The van der Waals surface area contributed by atoms with E-state index in [2.05, 4.69) is 9.69 Å². The van der Waals surface area contributed by atoms with Crippen molar-refractivity contribution >= 4 is 22.4 Å². The Kier molecular flexibility index (Phi) is 4.55. The number of nitrogens with zero attached hydrogens (tertiary/aromatic N) is 1. The fraction of sp³-hybridized carbons (Fsp3) is 0.308. The van der Waals surface area contributed by atoms with Crippen molar-refractivity contribution in [2.24, 2.45) is 0 Å². The van der Waals surface area contributed by atoms with Crippen LogP contribution in [0.25, 0.3) is 11.1 Å².